The molecule has 0 aliphatic heterocycles. The summed E-state index contributed by atoms with van der Waals surface area (Å²) in [5.74, 6) is -4.47. The van der Waals surface area contributed by atoms with E-state index in [1.807, 2.05) is 0 Å². The Kier molecular flexibility index (Phi) is 7.49. The van der Waals surface area contributed by atoms with Crippen molar-refractivity contribution in [3.8, 4) is 10.8 Å². The molecule has 1 atom stereocenters. The van der Waals surface area contributed by atoms with Crippen LogP contribution in [0.4, 0.5) is 22.0 Å². The molecular weight excluding hydrogens is 593 g/mol. The van der Waals surface area contributed by atoms with E-state index < -0.39 is 57.1 Å². The number of fused-ring (bicyclic) bond motifs is 1. The summed E-state index contributed by atoms with van der Waals surface area (Å²) in [6.45, 7) is 5.93. The lowest BCUT2D eigenvalue weighted by Gasteiger charge is -2.25. The zero-order valence-corrected chi connectivity index (χ0v) is 23.3. The Balaban J connectivity index is 1.88. The molecule has 1 unspecified atom stereocenters. The van der Waals surface area contributed by atoms with Gasteiger partial charge in [0.1, 0.15) is 10.5 Å². The summed E-state index contributed by atoms with van der Waals surface area (Å²) in [5, 5.41) is 5.84. The topological polar surface area (TPSA) is 116 Å². The van der Waals surface area contributed by atoms with Crippen LogP contribution in [0, 0.1) is 5.92 Å². The number of carbonyl (C=O) groups excluding carboxylic acids is 1. The number of hydrogen-bond donors (Lipinski definition) is 1. The fourth-order valence-corrected chi connectivity index (χ4v) is 6.20. The molecule has 17 heteroatoms. The third-order valence-corrected chi connectivity index (χ3v) is 8.55. The van der Waals surface area contributed by atoms with Gasteiger partial charge in [-0.25, -0.2) is 26.9 Å². The summed E-state index contributed by atoms with van der Waals surface area (Å²) in [4.78, 5) is 16.3. The zero-order chi connectivity index (χ0) is 29.1. The van der Waals surface area contributed by atoms with Crippen molar-refractivity contribution >= 4 is 44.4 Å². The molecule has 0 bridgehead atoms. The first-order valence-electron chi connectivity index (χ1n) is 11.5. The van der Waals surface area contributed by atoms with Crippen molar-refractivity contribution in [2.24, 2.45) is 5.92 Å². The summed E-state index contributed by atoms with van der Waals surface area (Å²) in [7, 11) is -4.14. The fraction of sp³-hybridized carbons (Fsp3) is 0.545. The summed E-state index contributed by atoms with van der Waals surface area (Å²) >= 11 is 6.82. The maximum atomic E-state index is 14.0. The van der Waals surface area contributed by atoms with Crippen LogP contribution in [0.2, 0.25) is 5.02 Å². The normalized spacial score (nSPS) is 16.6. The number of halogens is 6. The van der Waals surface area contributed by atoms with E-state index in [-0.39, 0.29) is 32.0 Å². The number of sulfonamides is 1. The molecule has 3 heterocycles. The van der Waals surface area contributed by atoms with Crippen molar-refractivity contribution in [2.45, 2.75) is 75.6 Å². The van der Waals surface area contributed by atoms with Crippen LogP contribution in [0.25, 0.3) is 16.3 Å². The molecule has 3 aromatic rings. The van der Waals surface area contributed by atoms with Crippen LogP contribution in [0.1, 0.15) is 57.7 Å². The van der Waals surface area contributed by atoms with Crippen molar-refractivity contribution < 1.29 is 39.9 Å². The van der Waals surface area contributed by atoms with Gasteiger partial charge in [0, 0.05) is 18.2 Å². The van der Waals surface area contributed by atoms with Crippen LogP contribution in [0.15, 0.2) is 17.2 Å². The third-order valence-electron chi connectivity index (χ3n) is 5.73. The Morgan fingerprint density at radius 2 is 1.90 bits per heavy atom. The Bertz CT molecular complexity index is 1530. The third kappa shape index (κ3) is 6.49. The van der Waals surface area contributed by atoms with Crippen LogP contribution in [-0.2, 0) is 26.0 Å². The van der Waals surface area contributed by atoms with E-state index >= 15 is 0 Å². The van der Waals surface area contributed by atoms with Gasteiger partial charge in [-0.3, -0.25) is 9.20 Å². The van der Waals surface area contributed by atoms with Gasteiger partial charge in [0.2, 0.25) is 10.0 Å². The van der Waals surface area contributed by atoms with Crippen LogP contribution in [0.5, 0.6) is 0 Å². The molecule has 39 heavy (non-hydrogen) atoms. The highest BCUT2D eigenvalue weighted by Crippen LogP contribution is 2.39. The SMILES string of the molecule is CC1(NS(=O)(=O)c2cc(Cl)c3c(CC(C(=O)OC(C)(C)C)C(F)(F)F)nc(-c4nnc(C(F)F)s4)n3c2)CC1. The maximum Gasteiger partial charge on any atom is 0.402 e. The number of nitrogens with zero attached hydrogens (tertiary/aromatic N) is 4. The Morgan fingerprint density at radius 3 is 2.41 bits per heavy atom. The van der Waals surface area contributed by atoms with Crippen LogP contribution < -0.4 is 4.72 Å². The average Bonchev–Trinajstić information content (AvgIpc) is 3.17. The van der Waals surface area contributed by atoms with E-state index in [2.05, 4.69) is 19.9 Å². The number of pyridine rings is 1. The molecule has 4 rings (SSSR count). The van der Waals surface area contributed by atoms with E-state index in [1.165, 1.54) is 20.8 Å². The number of alkyl halides is 5. The minimum atomic E-state index is -5.04. The monoisotopic (exact) mass is 615 g/mol. The second kappa shape index (κ2) is 9.89. The molecule has 0 spiro atoms. The quantitative estimate of drug-likeness (QED) is 0.269. The Hall–Kier alpha value is -2.43. The minimum Gasteiger partial charge on any atom is -0.459 e. The molecule has 214 valence electrons. The van der Waals surface area contributed by atoms with Crippen molar-refractivity contribution in [1.82, 2.24) is 24.3 Å². The molecule has 1 fully saturated rings. The van der Waals surface area contributed by atoms with Gasteiger partial charge in [0.25, 0.3) is 6.43 Å². The summed E-state index contributed by atoms with van der Waals surface area (Å²) in [5.41, 5.74) is -2.37. The van der Waals surface area contributed by atoms with Crippen molar-refractivity contribution in [3.63, 3.8) is 0 Å². The number of ether oxygens (including phenoxy) is 1. The first-order chi connectivity index (χ1) is 17.8. The number of esters is 1. The van der Waals surface area contributed by atoms with Gasteiger partial charge >= 0.3 is 12.1 Å². The van der Waals surface area contributed by atoms with Crippen molar-refractivity contribution in [3.05, 3.63) is 28.0 Å². The highest BCUT2D eigenvalue weighted by atomic mass is 35.5. The van der Waals surface area contributed by atoms with Gasteiger partial charge in [-0.15, -0.1) is 10.2 Å². The van der Waals surface area contributed by atoms with Gasteiger partial charge in [-0.1, -0.05) is 22.9 Å². The number of carbonyl (C=O) groups is 1. The average molecular weight is 616 g/mol. The molecule has 0 aromatic carbocycles. The second-order valence-corrected chi connectivity index (χ2v) is 13.5. The lowest BCUT2D eigenvalue weighted by atomic mass is 10.0. The van der Waals surface area contributed by atoms with Gasteiger partial charge < -0.3 is 4.74 Å². The predicted molar refractivity (Wildman–Crippen MR) is 131 cm³/mol. The first-order valence-corrected chi connectivity index (χ1v) is 14.1. The predicted octanol–water partition coefficient (Wildman–Crippen LogP) is 5.34. The van der Waals surface area contributed by atoms with Crippen LogP contribution in [-0.4, -0.2) is 51.3 Å². The molecule has 1 aliphatic rings. The number of hydrogen-bond acceptors (Lipinski definition) is 8. The molecule has 1 saturated carbocycles. The van der Waals surface area contributed by atoms with E-state index in [1.54, 1.807) is 6.92 Å². The summed E-state index contributed by atoms with van der Waals surface area (Å²) in [6.07, 6.45) is -6.78. The van der Waals surface area contributed by atoms with E-state index in [0.717, 1.165) is 16.7 Å². The summed E-state index contributed by atoms with van der Waals surface area (Å²) < 4.78 is 103. The van der Waals surface area contributed by atoms with Crippen molar-refractivity contribution in [1.29, 1.82) is 0 Å². The van der Waals surface area contributed by atoms with E-state index in [0.29, 0.717) is 24.2 Å². The van der Waals surface area contributed by atoms with E-state index in [9.17, 15) is 35.2 Å². The second-order valence-electron chi connectivity index (χ2n) is 10.4. The molecule has 1 N–H and O–H groups in total. The Morgan fingerprint density at radius 1 is 1.26 bits per heavy atom. The largest absolute Gasteiger partial charge is 0.459 e. The zero-order valence-electron chi connectivity index (χ0n) is 20.9. The first kappa shape index (κ1) is 29.6. The number of aromatic nitrogens is 4. The van der Waals surface area contributed by atoms with Gasteiger partial charge in [0.15, 0.2) is 21.8 Å². The molecule has 0 radical (unpaired) electrons. The smallest absolute Gasteiger partial charge is 0.402 e. The van der Waals surface area contributed by atoms with Crippen molar-refractivity contribution in [2.75, 3.05) is 0 Å². The Labute approximate surface area is 228 Å². The van der Waals surface area contributed by atoms with E-state index in [4.69, 9.17) is 16.3 Å². The molecule has 0 amide bonds. The fourth-order valence-electron chi connectivity index (χ4n) is 3.64. The van der Waals surface area contributed by atoms with Crippen LogP contribution >= 0.6 is 22.9 Å². The highest BCUT2D eigenvalue weighted by Gasteiger charge is 2.48. The maximum absolute atomic E-state index is 14.0. The standard InChI is InChI=1S/C22H23ClF5N5O4S2/c1-20(2,3)37-19(34)11(22(26,27)28)8-13-14-12(23)7-10(39(35,36)32-21(4)5-6-21)9-33(14)16(29-13)18-31-30-17(38-18)15(24)25/h7,9,11,15,32H,5-6,8H2,1-4H3. The molecule has 1 aliphatic carbocycles. The number of rotatable bonds is 8. The lowest BCUT2D eigenvalue weighted by Crippen LogP contribution is -2.38. The van der Waals surface area contributed by atoms with Crippen LogP contribution in [0.3, 0.4) is 0 Å². The summed E-state index contributed by atoms with van der Waals surface area (Å²) in [6, 6.07) is 1.04. The number of nitrogens with one attached hydrogen (secondary N) is 1. The number of imidazole rings is 1. The molecule has 9 nitrogen and oxygen atoms in total. The molecule has 0 saturated heterocycles. The van der Waals surface area contributed by atoms with Gasteiger partial charge in [-0.2, -0.15) is 13.2 Å². The molecule has 3 aromatic heterocycles. The highest BCUT2D eigenvalue weighted by molar-refractivity contribution is 7.89. The van der Waals surface area contributed by atoms with Gasteiger partial charge in [-0.05, 0) is 46.6 Å². The molecular formula is C22H23ClF5N5O4S2. The van der Waals surface area contributed by atoms with Gasteiger partial charge in [0.05, 0.1) is 16.2 Å². The minimum absolute atomic E-state index is 0.158. The lowest BCUT2D eigenvalue weighted by molar-refractivity contribution is -0.204.